The van der Waals surface area contributed by atoms with Crippen LogP contribution in [0.25, 0.3) is 0 Å². The van der Waals surface area contributed by atoms with Crippen LogP contribution in [0.3, 0.4) is 0 Å². The molecule has 3 heteroatoms. The second-order valence-corrected chi connectivity index (χ2v) is 6.08. The number of hydrogen-bond acceptors (Lipinski definition) is 3. The fourth-order valence-electron chi connectivity index (χ4n) is 2.48. The largest absolute Gasteiger partial charge is 0.375 e. The van der Waals surface area contributed by atoms with Gasteiger partial charge < -0.3 is 14.8 Å². The molecule has 3 unspecified atom stereocenters. The lowest BCUT2D eigenvalue weighted by Crippen LogP contribution is -2.60. The third-order valence-electron chi connectivity index (χ3n) is 3.68. The molecule has 0 aromatic heterocycles. The fourth-order valence-corrected chi connectivity index (χ4v) is 2.48. The number of nitrogens with one attached hydrogen (secondary N) is 1. The average Bonchev–Trinajstić information content (AvgIpc) is 2.36. The summed E-state index contributed by atoms with van der Waals surface area (Å²) in [6.07, 6.45) is 6.37. The van der Waals surface area contributed by atoms with E-state index in [4.69, 9.17) is 9.47 Å². The van der Waals surface area contributed by atoms with Gasteiger partial charge in [-0.15, -0.1) is 0 Å². The molecular weight excluding hydrogens is 238 g/mol. The molecular formula is C16H33NO2. The molecule has 0 spiro atoms. The van der Waals surface area contributed by atoms with Gasteiger partial charge >= 0.3 is 0 Å². The van der Waals surface area contributed by atoms with Crippen LogP contribution in [0.4, 0.5) is 0 Å². The van der Waals surface area contributed by atoms with Crippen molar-refractivity contribution in [1.29, 1.82) is 0 Å². The first-order valence-corrected chi connectivity index (χ1v) is 8.15. The zero-order chi connectivity index (χ0) is 14.1. The Morgan fingerprint density at radius 1 is 1.11 bits per heavy atom. The van der Waals surface area contributed by atoms with E-state index in [0.29, 0.717) is 12.1 Å². The fraction of sp³-hybridized carbons (Fsp3) is 1.00. The van der Waals surface area contributed by atoms with E-state index in [1.165, 1.54) is 19.3 Å². The van der Waals surface area contributed by atoms with Crippen LogP contribution in [0.1, 0.15) is 59.8 Å². The monoisotopic (exact) mass is 271 g/mol. The number of hydrogen-bond donors (Lipinski definition) is 1. The summed E-state index contributed by atoms with van der Waals surface area (Å²) >= 11 is 0. The Hall–Kier alpha value is -0.120. The summed E-state index contributed by atoms with van der Waals surface area (Å²) < 4.78 is 11.9. The van der Waals surface area contributed by atoms with E-state index in [1.807, 2.05) is 0 Å². The molecule has 0 radical (unpaired) electrons. The molecule has 1 aliphatic rings. The smallest absolute Gasteiger partial charge is 0.0990 e. The van der Waals surface area contributed by atoms with E-state index in [0.717, 1.165) is 38.5 Å². The average molecular weight is 271 g/mol. The van der Waals surface area contributed by atoms with E-state index < -0.39 is 0 Å². The molecule has 1 aliphatic carbocycles. The van der Waals surface area contributed by atoms with E-state index in [1.54, 1.807) is 0 Å². The molecule has 3 atom stereocenters. The van der Waals surface area contributed by atoms with Crippen LogP contribution in [-0.2, 0) is 9.47 Å². The van der Waals surface area contributed by atoms with Crippen LogP contribution in [0, 0.1) is 5.92 Å². The first-order chi connectivity index (χ1) is 9.19. The van der Waals surface area contributed by atoms with Gasteiger partial charge in [-0.2, -0.15) is 0 Å². The normalized spacial score (nSPS) is 26.7. The van der Waals surface area contributed by atoms with Crippen LogP contribution in [0.5, 0.6) is 0 Å². The Morgan fingerprint density at radius 2 is 1.89 bits per heavy atom. The lowest BCUT2D eigenvalue weighted by atomic mass is 9.85. The highest BCUT2D eigenvalue weighted by Crippen LogP contribution is 2.28. The molecule has 0 saturated heterocycles. The van der Waals surface area contributed by atoms with Gasteiger partial charge in [0.25, 0.3) is 0 Å². The van der Waals surface area contributed by atoms with Crippen LogP contribution >= 0.6 is 0 Å². The second kappa shape index (κ2) is 9.73. The van der Waals surface area contributed by atoms with E-state index in [2.05, 4.69) is 33.0 Å². The molecule has 19 heavy (non-hydrogen) atoms. The minimum Gasteiger partial charge on any atom is -0.375 e. The maximum atomic E-state index is 5.98. The zero-order valence-electron chi connectivity index (χ0n) is 13.3. The first-order valence-electron chi connectivity index (χ1n) is 8.15. The first kappa shape index (κ1) is 16.9. The van der Waals surface area contributed by atoms with E-state index >= 15 is 0 Å². The Morgan fingerprint density at radius 3 is 2.53 bits per heavy atom. The topological polar surface area (TPSA) is 30.5 Å². The summed E-state index contributed by atoms with van der Waals surface area (Å²) in [6.45, 7) is 11.7. The second-order valence-electron chi connectivity index (χ2n) is 6.08. The molecule has 0 aromatic rings. The standard InChI is InChI=1S/C16H33NO2/c1-5-9-17-14-12-15(16(14)19-10-6-2)18-11-7-8-13(3)4/h13-17H,5-12H2,1-4H3. The van der Waals surface area contributed by atoms with Crippen molar-refractivity contribution < 1.29 is 9.47 Å². The highest BCUT2D eigenvalue weighted by molar-refractivity contribution is 4.97. The van der Waals surface area contributed by atoms with E-state index in [-0.39, 0.29) is 6.10 Å². The van der Waals surface area contributed by atoms with Crippen molar-refractivity contribution >= 4 is 0 Å². The molecule has 1 rings (SSSR count). The van der Waals surface area contributed by atoms with Crippen molar-refractivity contribution in [2.24, 2.45) is 5.92 Å². The van der Waals surface area contributed by atoms with Crippen LogP contribution in [0.15, 0.2) is 0 Å². The highest BCUT2D eigenvalue weighted by atomic mass is 16.5. The Bertz CT molecular complexity index is 221. The molecule has 0 amide bonds. The van der Waals surface area contributed by atoms with E-state index in [9.17, 15) is 0 Å². The van der Waals surface area contributed by atoms with Gasteiger partial charge in [-0.1, -0.05) is 27.7 Å². The summed E-state index contributed by atoms with van der Waals surface area (Å²) in [5.74, 6) is 0.774. The molecule has 3 nitrogen and oxygen atoms in total. The highest BCUT2D eigenvalue weighted by Gasteiger charge is 2.42. The molecule has 1 fully saturated rings. The Kier molecular flexibility index (Phi) is 8.67. The molecule has 1 N–H and O–H groups in total. The maximum absolute atomic E-state index is 5.98. The maximum Gasteiger partial charge on any atom is 0.0990 e. The molecule has 0 aromatic carbocycles. The molecule has 0 bridgehead atoms. The molecule has 0 heterocycles. The van der Waals surface area contributed by atoms with Gasteiger partial charge in [-0.3, -0.25) is 0 Å². The predicted octanol–water partition coefficient (Wildman–Crippen LogP) is 3.37. The van der Waals surface area contributed by atoms with Gasteiger partial charge in [0.15, 0.2) is 0 Å². The van der Waals surface area contributed by atoms with Crippen molar-refractivity contribution in [3.8, 4) is 0 Å². The lowest BCUT2D eigenvalue weighted by molar-refractivity contribution is -0.147. The van der Waals surface area contributed by atoms with Crippen LogP contribution in [-0.4, -0.2) is 38.0 Å². The van der Waals surface area contributed by atoms with Gasteiger partial charge in [0.2, 0.25) is 0 Å². The number of ether oxygens (including phenoxy) is 2. The quantitative estimate of drug-likeness (QED) is 0.584. The van der Waals surface area contributed by atoms with Gasteiger partial charge in [-0.05, 0) is 44.6 Å². The summed E-state index contributed by atoms with van der Waals surface area (Å²) in [6, 6.07) is 0.501. The Balaban J connectivity index is 2.20. The van der Waals surface area contributed by atoms with Gasteiger partial charge in [0.1, 0.15) is 0 Å². The Labute approximate surface area is 119 Å². The summed E-state index contributed by atoms with van der Waals surface area (Å²) in [7, 11) is 0. The van der Waals surface area contributed by atoms with Crippen LogP contribution in [0.2, 0.25) is 0 Å². The summed E-state index contributed by atoms with van der Waals surface area (Å²) in [4.78, 5) is 0. The summed E-state index contributed by atoms with van der Waals surface area (Å²) in [5.41, 5.74) is 0. The van der Waals surface area contributed by atoms with Crippen molar-refractivity contribution in [2.45, 2.75) is 78.0 Å². The zero-order valence-corrected chi connectivity index (χ0v) is 13.3. The molecule has 1 saturated carbocycles. The van der Waals surface area contributed by atoms with Crippen molar-refractivity contribution in [3.05, 3.63) is 0 Å². The minimum absolute atomic E-state index is 0.269. The third-order valence-corrected chi connectivity index (χ3v) is 3.68. The molecule has 114 valence electrons. The van der Waals surface area contributed by atoms with Crippen molar-refractivity contribution in [2.75, 3.05) is 19.8 Å². The van der Waals surface area contributed by atoms with Gasteiger partial charge in [0.05, 0.1) is 12.2 Å². The third kappa shape index (κ3) is 6.24. The lowest BCUT2D eigenvalue weighted by Gasteiger charge is -2.44. The number of rotatable bonds is 11. The predicted molar refractivity (Wildman–Crippen MR) is 80.5 cm³/mol. The molecule has 0 aliphatic heterocycles. The SMILES string of the molecule is CCCNC1CC(OCCCC(C)C)C1OCCC. The van der Waals surface area contributed by atoms with Crippen molar-refractivity contribution in [1.82, 2.24) is 5.32 Å². The van der Waals surface area contributed by atoms with Gasteiger partial charge in [0, 0.05) is 19.3 Å². The van der Waals surface area contributed by atoms with Crippen LogP contribution < -0.4 is 5.32 Å². The minimum atomic E-state index is 0.269. The van der Waals surface area contributed by atoms with Gasteiger partial charge in [-0.25, -0.2) is 0 Å². The summed E-state index contributed by atoms with van der Waals surface area (Å²) in [5, 5.41) is 3.56. The van der Waals surface area contributed by atoms with Crippen molar-refractivity contribution in [3.63, 3.8) is 0 Å².